The first-order chi connectivity index (χ1) is 8.74. The maximum atomic E-state index is 11.7. The highest BCUT2D eigenvalue weighted by molar-refractivity contribution is 5.88. The summed E-state index contributed by atoms with van der Waals surface area (Å²) in [5, 5.41) is 9.56. The molecule has 0 aliphatic carbocycles. The number of hydrogen-bond donors (Lipinski definition) is 2. The molecule has 2 aromatic rings. The summed E-state index contributed by atoms with van der Waals surface area (Å²) in [7, 11) is 0. The van der Waals surface area contributed by atoms with Crippen LogP contribution in [0.4, 0.5) is 10.6 Å². The van der Waals surface area contributed by atoms with Crippen LogP contribution in [0, 0.1) is 0 Å². The van der Waals surface area contributed by atoms with Crippen LogP contribution >= 0.6 is 0 Å². The zero-order valence-corrected chi connectivity index (χ0v) is 10.1. The Kier molecular flexibility index (Phi) is 3.90. The van der Waals surface area contributed by atoms with Gasteiger partial charge in [0.1, 0.15) is 5.82 Å². The van der Waals surface area contributed by atoms with Gasteiger partial charge in [0.25, 0.3) is 0 Å². The Bertz CT molecular complexity index is 482. The van der Waals surface area contributed by atoms with Gasteiger partial charge in [0.15, 0.2) is 0 Å². The van der Waals surface area contributed by atoms with Crippen LogP contribution < -0.4 is 10.6 Å². The summed E-state index contributed by atoms with van der Waals surface area (Å²) in [6, 6.07) is 6.90. The Morgan fingerprint density at radius 3 is 2.94 bits per heavy atom. The van der Waals surface area contributed by atoms with Crippen molar-refractivity contribution < 1.29 is 4.79 Å². The highest BCUT2D eigenvalue weighted by Gasteiger charge is 2.08. The number of rotatable bonds is 4. The molecule has 0 aromatic carbocycles. The van der Waals surface area contributed by atoms with Gasteiger partial charge in [-0.1, -0.05) is 6.07 Å². The molecule has 0 fully saturated rings. The topological polar surface area (TPSA) is 71.8 Å². The molecule has 94 valence electrons. The van der Waals surface area contributed by atoms with E-state index in [4.69, 9.17) is 0 Å². The Hall–Kier alpha value is -2.37. The van der Waals surface area contributed by atoms with E-state index in [1.54, 1.807) is 29.2 Å². The monoisotopic (exact) mass is 245 g/mol. The van der Waals surface area contributed by atoms with Crippen molar-refractivity contribution >= 4 is 11.8 Å². The van der Waals surface area contributed by atoms with Crippen LogP contribution in [-0.4, -0.2) is 26.8 Å². The molecule has 2 aromatic heterocycles. The van der Waals surface area contributed by atoms with E-state index >= 15 is 0 Å². The van der Waals surface area contributed by atoms with Crippen LogP contribution in [0.1, 0.15) is 6.92 Å². The lowest BCUT2D eigenvalue weighted by atomic mass is 10.3. The van der Waals surface area contributed by atoms with Gasteiger partial charge in [-0.25, -0.2) is 9.78 Å². The van der Waals surface area contributed by atoms with Crippen molar-refractivity contribution in [2.24, 2.45) is 0 Å². The summed E-state index contributed by atoms with van der Waals surface area (Å²) in [6.45, 7) is 2.54. The molecule has 2 N–H and O–H groups in total. The third-order valence-electron chi connectivity index (χ3n) is 2.30. The number of amides is 2. The van der Waals surface area contributed by atoms with Gasteiger partial charge in [-0.3, -0.25) is 10.00 Å². The largest absolute Gasteiger partial charge is 0.334 e. The van der Waals surface area contributed by atoms with Crippen LogP contribution in [0.15, 0.2) is 42.9 Å². The Balaban J connectivity index is 1.80. The normalized spacial score (nSPS) is 11.8. The number of pyridine rings is 1. The summed E-state index contributed by atoms with van der Waals surface area (Å²) < 4.78 is 1.77. The maximum Gasteiger partial charge on any atom is 0.320 e. The molecule has 2 heterocycles. The fourth-order valence-electron chi connectivity index (χ4n) is 1.55. The molecule has 0 radical (unpaired) electrons. The Morgan fingerprint density at radius 2 is 2.28 bits per heavy atom. The molecule has 0 aliphatic rings. The van der Waals surface area contributed by atoms with Crippen molar-refractivity contribution in [3.63, 3.8) is 0 Å². The third-order valence-corrected chi connectivity index (χ3v) is 2.30. The quantitative estimate of drug-likeness (QED) is 0.857. The predicted molar refractivity (Wildman–Crippen MR) is 68.1 cm³/mol. The van der Waals surface area contributed by atoms with Gasteiger partial charge in [-0.15, -0.1) is 0 Å². The maximum absolute atomic E-state index is 11.7. The second-order valence-electron chi connectivity index (χ2n) is 3.94. The molecular weight excluding hydrogens is 230 g/mol. The summed E-state index contributed by atoms with van der Waals surface area (Å²) in [6.07, 6.45) is 5.19. The molecule has 0 spiro atoms. The van der Waals surface area contributed by atoms with Crippen LogP contribution in [0.25, 0.3) is 0 Å². The molecule has 0 bridgehead atoms. The third kappa shape index (κ3) is 3.58. The van der Waals surface area contributed by atoms with E-state index < -0.39 is 0 Å². The molecule has 2 rings (SSSR count). The van der Waals surface area contributed by atoms with E-state index in [2.05, 4.69) is 20.7 Å². The van der Waals surface area contributed by atoms with Crippen LogP contribution in [-0.2, 0) is 6.54 Å². The molecule has 0 saturated heterocycles. The van der Waals surface area contributed by atoms with Crippen LogP contribution in [0.2, 0.25) is 0 Å². The highest BCUT2D eigenvalue weighted by Crippen LogP contribution is 1.99. The van der Waals surface area contributed by atoms with Crippen molar-refractivity contribution in [3.8, 4) is 0 Å². The number of urea groups is 1. The van der Waals surface area contributed by atoms with E-state index in [0.717, 1.165) is 0 Å². The van der Waals surface area contributed by atoms with Gasteiger partial charge in [-0.2, -0.15) is 5.10 Å². The predicted octanol–water partition coefficient (Wildman–Crippen LogP) is 1.49. The zero-order valence-electron chi connectivity index (χ0n) is 10.1. The van der Waals surface area contributed by atoms with Crippen molar-refractivity contribution in [1.29, 1.82) is 0 Å². The molecular formula is C12H15N5O. The second-order valence-corrected chi connectivity index (χ2v) is 3.94. The van der Waals surface area contributed by atoms with Gasteiger partial charge in [-0.05, 0) is 25.1 Å². The summed E-state index contributed by atoms with van der Waals surface area (Å²) in [5.74, 6) is 0.529. The van der Waals surface area contributed by atoms with Crippen molar-refractivity contribution in [2.45, 2.75) is 19.5 Å². The number of aromatic nitrogens is 3. The lowest BCUT2D eigenvalue weighted by molar-refractivity contribution is 0.247. The lowest BCUT2D eigenvalue weighted by Crippen LogP contribution is -2.38. The van der Waals surface area contributed by atoms with Gasteiger partial charge in [0.2, 0.25) is 0 Å². The lowest BCUT2D eigenvalue weighted by Gasteiger charge is -2.14. The fraction of sp³-hybridized carbons (Fsp3) is 0.250. The number of hydrogen-bond acceptors (Lipinski definition) is 3. The number of nitrogens with zero attached hydrogens (tertiary/aromatic N) is 3. The number of anilines is 1. The standard InChI is InChI=1S/C12H15N5O/c1-10(9-17-8-4-7-14-17)15-12(18)16-11-5-2-3-6-13-11/h2-8,10H,9H2,1H3,(H2,13,15,16,18). The first kappa shape index (κ1) is 12.1. The van der Waals surface area contributed by atoms with E-state index in [1.165, 1.54) is 0 Å². The summed E-state index contributed by atoms with van der Waals surface area (Å²) >= 11 is 0. The smallest absolute Gasteiger partial charge is 0.320 e. The van der Waals surface area contributed by atoms with Crippen molar-refractivity contribution in [1.82, 2.24) is 20.1 Å². The molecule has 2 amide bonds. The van der Waals surface area contributed by atoms with Crippen molar-refractivity contribution in [2.75, 3.05) is 5.32 Å². The summed E-state index contributed by atoms with van der Waals surface area (Å²) in [4.78, 5) is 15.7. The van der Waals surface area contributed by atoms with E-state index in [1.807, 2.05) is 25.3 Å². The zero-order chi connectivity index (χ0) is 12.8. The van der Waals surface area contributed by atoms with Gasteiger partial charge < -0.3 is 5.32 Å². The van der Waals surface area contributed by atoms with Crippen LogP contribution in [0.3, 0.4) is 0 Å². The van der Waals surface area contributed by atoms with E-state index in [-0.39, 0.29) is 12.1 Å². The minimum atomic E-state index is -0.270. The Labute approximate surface area is 105 Å². The fourth-order valence-corrected chi connectivity index (χ4v) is 1.55. The molecule has 1 atom stereocenters. The first-order valence-corrected chi connectivity index (χ1v) is 5.70. The summed E-state index contributed by atoms with van der Waals surface area (Å²) in [5.41, 5.74) is 0. The SMILES string of the molecule is CC(Cn1cccn1)NC(=O)Nc1ccccn1. The molecule has 6 heteroatoms. The number of nitrogens with one attached hydrogen (secondary N) is 2. The van der Waals surface area contributed by atoms with Gasteiger partial charge in [0, 0.05) is 24.6 Å². The molecule has 1 unspecified atom stereocenters. The van der Waals surface area contributed by atoms with Gasteiger partial charge >= 0.3 is 6.03 Å². The van der Waals surface area contributed by atoms with E-state index in [0.29, 0.717) is 12.4 Å². The Morgan fingerprint density at radius 1 is 1.39 bits per heavy atom. The van der Waals surface area contributed by atoms with Gasteiger partial charge in [0.05, 0.1) is 6.54 Å². The average molecular weight is 245 g/mol. The molecule has 6 nitrogen and oxygen atoms in total. The average Bonchev–Trinajstić information content (AvgIpc) is 2.82. The molecule has 18 heavy (non-hydrogen) atoms. The minimum absolute atomic E-state index is 0.0198. The van der Waals surface area contributed by atoms with Crippen molar-refractivity contribution in [3.05, 3.63) is 42.9 Å². The minimum Gasteiger partial charge on any atom is -0.334 e. The number of carbonyl (C=O) groups excluding carboxylic acids is 1. The first-order valence-electron chi connectivity index (χ1n) is 5.70. The number of carbonyl (C=O) groups is 1. The molecule has 0 saturated carbocycles. The van der Waals surface area contributed by atoms with E-state index in [9.17, 15) is 4.79 Å². The second kappa shape index (κ2) is 5.81. The van der Waals surface area contributed by atoms with Crippen LogP contribution in [0.5, 0.6) is 0 Å². The molecule has 0 aliphatic heterocycles. The highest BCUT2D eigenvalue weighted by atomic mass is 16.2.